The van der Waals surface area contributed by atoms with Gasteiger partial charge < -0.3 is 9.64 Å². The van der Waals surface area contributed by atoms with Crippen LogP contribution < -0.4 is 15.1 Å². The van der Waals surface area contributed by atoms with E-state index in [0.717, 1.165) is 42.8 Å². The number of anilines is 1. The van der Waals surface area contributed by atoms with Gasteiger partial charge in [0.05, 0.1) is 13.3 Å². The molecule has 0 fully saturated rings. The third-order valence-corrected chi connectivity index (χ3v) is 5.19. The number of carbonyl (C=O) groups is 1. The van der Waals surface area contributed by atoms with Gasteiger partial charge in [-0.3, -0.25) is 9.78 Å². The van der Waals surface area contributed by atoms with Crippen LogP contribution in [0.25, 0.3) is 0 Å². The van der Waals surface area contributed by atoms with Gasteiger partial charge in [-0.25, -0.2) is 5.43 Å². The largest absolute Gasteiger partial charge is 0.496 e. The van der Waals surface area contributed by atoms with Crippen molar-refractivity contribution >= 4 is 17.8 Å². The first kappa shape index (κ1) is 19.6. The van der Waals surface area contributed by atoms with Crippen LogP contribution in [0.4, 0.5) is 5.69 Å². The van der Waals surface area contributed by atoms with E-state index in [2.05, 4.69) is 50.7 Å². The Labute approximate surface area is 176 Å². The van der Waals surface area contributed by atoms with Crippen molar-refractivity contribution in [3.05, 3.63) is 89.2 Å². The molecule has 4 rings (SSSR count). The number of nitrogens with zero attached hydrogens (tertiary/aromatic N) is 3. The number of hydrogen-bond donors (Lipinski definition) is 1. The number of aromatic nitrogens is 1. The van der Waals surface area contributed by atoms with Crippen LogP contribution in [-0.2, 0) is 13.0 Å². The van der Waals surface area contributed by atoms with Crippen molar-refractivity contribution in [1.82, 2.24) is 10.4 Å². The number of amides is 1. The lowest BCUT2D eigenvalue weighted by atomic mass is 10.0. The molecule has 0 saturated heterocycles. The van der Waals surface area contributed by atoms with E-state index in [9.17, 15) is 4.79 Å². The molecule has 2 aromatic carbocycles. The molecule has 0 aliphatic carbocycles. The maximum atomic E-state index is 12.1. The van der Waals surface area contributed by atoms with Crippen LogP contribution in [0.3, 0.4) is 0 Å². The highest BCUT2D eigenvalue weighted by atomic mass is 16.5. The van der Waals surface area contributed by atoms with E-state index >= 15 is 0 Å². The topological polar surface area (TPSA) is 66.8 Å². The average molecular weight is 400 g/mol. The molecular weight excluding hydrogens is 376 g/mol. The van der Waals surface area contributed by atoms with Gasteiger partial charge >= 0.3 is 0 Å². The zero-order chi connectivity index (χ0) is 20.8. The number of hydrogen-bond acceptors (Lipinski definition) is 5. The van der Waals surface area contributed by atoms with Gasteiger partial charge in [0.1, 0.15) is 5.75 Å². The molecule has 1 aliphatic rings. The first-order valence-corrected chi connectivity index (χ1v) is 9.98. The monoisotopic (exact) mass is 400 g/mol. The number of pyridine rings is 1. The second-order valence-corrected chi connectivity index (χ2v) is 7.16. The summed E-state index contributed by atoms with van der Waals surface area (Å²) in [7, 11) is 1.69. The molecule has 1 aromatic heterocycles. The number of ether oxygens (including phenoxy) is 1. The van der Waals surface area contributed by atoms with Crippen molar-refractivity contribution in [2.45, 2.75) is 19.4 Å². The van der Waals surface area contributed by atoms with Crippen molar-refractivity contribution in [3.8, 4) is 5.75 Å². The van der Waals surface area contributed by atoms with Crippen LogP contribution in [0.2, 0.25) is 0 Å². The molecule has 3 aromatic rings. The predicted octanol–water partition coefficient (Wildman–Crippen LogP) is 3.81. The number of aryl methyl sites for hydroxylation is 1. The molecule has 2 heterocycles. The zero-order valence-electron chi connectivity index (χ0n) is 16.9. The number of rotatable bonds is 6. The highest BCUT2D eigenvalue weighted by Crippen LogP contribution is 2.30. The Bertz CT molecular complexity index is 1050. The minimum absolute atomic E-state index is 0.271. The predicted molar refractivity (Wildman–Crippen MR) is 118 cm³/mol. The van der Waals surface area contributed by atoms with E-state index in [4.69, 9.17) is 4.74 Å². The van der Waals surface area contributed by atoms with Gasteiger partial charge in [-0.1, -0.05) is 18.2 Å². The van der Waals surface area contributed by atoms with Crippen LogP contribution in [0, 0.1) is 0 Å². The molecular formula is C24H24N4O2. The van der Waals surface area contributed by atoms with Gasteiger partial charge in [0, 0.05) is 42.3 Å². The normalized spacial score (nSPS) is 13.2. The Hall–Kier alpha value is -3.67. The number of methoxy groups -OCH3 is 1. The molecule has 0 radical (unpaired) electrons. The molecule has 0 spiro atoms. The van der Waals surface area contributed by atoms with Crippen molar-refractivity contribution in [2.24, 2.45) is 5.10 Å². The first-order chi connectivity index (χ1) is 14.7. The highest BCUT2D eigenvalue weighted by Gasteiger charge is 2.18. The summed E-state index contributed by atoms with van der Waals surface area (Å²) in [6.07, 6.45) is 7.06. The molecule has 0 atom stereocenters. The zero-order valence-corrected chi connectivity index (χ0v) is 16.9. The lowest BCUT2D eigenvalue weighted by Crippen LogP contribution is -2.29. The van der Waals surface area contributed by atoms with Crippen molar-refractivity contribution < 1.29 is 9.53 Å². The van der Waals surface area contributed by atoms with Gasteiger partial charge in [0.25, 0.3) is 5.91 Å². The third kappa shape index (κ3) is 4.49. The lowest BCUT2D eigenvalue weighted by Gasteiger charge is -2.31. The standard InChI is InChI=1S/C24H24N4O2/c1-30-23-9-8-18(16-26-27-24(29)20-10-12-25-13-11-20)15-21(23)17-28-14-4-6-19-5-2-3-7-22(19)28/h2-3,5,7-13,15-16H,4,6,14,17H2,1H3,(H,27,29)/b26-16+. The summed E-state index contributed by atoms with van der Waals surface area (Å²) in [6.45, 7) is 1.77. The summed E-state index contributed by atoms with van der Waals surface area (Å²) in [5.74, 6) is 0.573. The van der Waals surface area contributed by atoms with Gasteiger partial charge in [0.2, 0.25) is 0 Å². The summed E-state index contributed by atoms with van der Waals surface area (Å²) in [4.78, 5) is 18.4. The number of benzene rings is 2. The van der Waals surface area contributed by atoms with Crippen LogP contribution in [0.1, 0.15) is 33.5 Å². The van der Waals surface area contributed by atoms with Crippen LogP contribution in [-0.4, -0.2) is 30.8 Å². The van der Waals surface area contributed by atoms with Crippen LogP contribution in [0.15, 0.2) is 72.1 Å². The van der Waals surface area contributed by atoms with Crippen LogP contribution >= 0.6 is 0 Å². The Morgan fingerprint density at radius 2 is 2.03 bits per heavy atom. The molecule has 1 aliphatic heterocycles. The molecule has 0 saturated carbocycles. The summed E-state index contributed by atoms with van der Waals surface area (Å²) in [5.41, 5.74) is 7.72. The quantitative estimate of drug-likeness (QED) is 0.505. The van der Waals surface area contributed by atoms with E-state index in [1.807, 2.05) is 12.1 Å². The molecule has 30 heavy (non-hydrogen) atoms. The maximum Gasteiger partial charge on any atom is 0.271 e. The van der Waals surface area contributed by atoms with E-state index < -0.39 is 0 Å². The first-order valence-electron chi connectivity index (χ1n) is 9.98. The number of nitrogens with one attached hydrogen (secondary N) is 1. The summed E-state index contributed by atoms with van der Waals surface area (Å²) in [6, 6.07) is 17.8. The SMILES string of the molecule is COc1ccc(/C=N/NC(=O)c2ccncc2)cc1CN1CCCc2ccccc21. The van der Waals surface area contributed by atoms with Crippen LogP contribution in [0.5, 0.6) is 5.75 Å². The van der Waals surface area contributed by atoms with Gasteiger partial charge in [-0.05, 0) is 60.4 Å². The average Bonchev–Trinajstić information content (AvgIpc) is 2.80. The van der Waals surface area contributed by atoms with E-state index in [0.29, 0.717) is 5.56 Å². The van der Waals surface area contributed by atoms with Crippen molar-refractivity contribution in [3.63, 3.8) is 0 Å². The molecule has 6 nitrogen and oxygen atoms in total. The lowest BCUT2D eigenvalue weighted by molar-refractivity contribution is 0.0955. The second-order valence-electron chi connectivity index (χ2n) is 7.16. The second kappa shape index (κ2) is 9.22. The summed E-state index contributed by atoms with van der Waals surface area (Å²) in [5, 5.41) is 4.10. The minimum atomic E-state index is -0.271. The van der Waals surface area contributed by atoms with Crippen molar-refractivity contribution in [2.75, 3.05) is 18.6 Å². The Balaban J connectivity index is 1.49. The Morgan fingerprint density at radius 1 is 1.20 bits per heavy atom. The Morgan fingerprint density at radius 3 is 2.87 bits per heavy atom. The Kier molecular flexibility index (Phi) is 6.03. The van der Waals surface area contributed by atoms with Crippen molar-refractivity contribution in [1.29, 1.82) is 0 Å². The van der Waals surface area contributed by atoms with Gasteiger partial charge in [-0.2, -0.15) is 5.10 Å². The number of carbonyl (C=O) groups excluding carboxylic acids is 1. The highest BCUT2D eigenvalue weighted by molar-refractivity contribution is 5.94. The molecule has 6 heteroatoms. The molecule has 1 amide bonds. The summed E-state index contributed by atoms with van der Waals surface area (Å²) >= 11 is 0. The minimum Gasteiger partial charge on any atom is -0.496 e. The number of hydrazone groups is 1. The third-order valence-electron chi connectivity index (χ3n) is 5.19. The van der Waals surface area contributed by atoms with E-state index in [-0.39, 0.29) is 5.91 Å². The molecule has 1 N–H and O–H groups in total. The molecule has 152 valence electrons. The molecule has 0 unspecified atom stereocenters. The maximum absolute atomic E-state index is 12.1. The number of para-hydroxylation sites is 1. The smallest absolute Gasteiger partial charge is 0.271 e. The number of fused-ring (bicyclic) bond motifs is 1. The van der Waals surface area contributed by atoms with E-state index in [1.165, 1.54) is 11.3 Å². The van der Waals surface area contributed by atoms with E-state index in [1.54, 1.807) is 37.9 Å². The van der Waals surface area contributed by atoms with Gasteiger partial charge in [-0.15, -0.1) is 0 Å². The van der Waals surface area contributed by atoms with Gasteiger partial charge in [0.15, 0.2) is 0 Å². The fraction of sp³-hybridized carbons (Fsp3) is 0.208. The summed E-state index contributed by atoms with van der Waals surface area (Å²) < 4.78 is 5.58. The molecule has 0 bridgehead atoms. The fourth-order valence-electron chi connectivity index (χ4n) is 3.72. The fourth-order valence-corrected chi connectivity index (χ4v) is 3.72.